The van der Waals surface area contributed by atoms with E-state index in [0.29, 0.717) is 12.2 Å². The molecule has 6 heteroatoms. The highest BCUT2D eigenvalue weighted by molar-refractivity contribution is 8.00. The molecule has 0 atom stereocenters. The van der Waals surface area contributed by atoms with E-state index in [-0.39, 0.29) is 15.3 Å². The van der Waals surface area contributed by atoms with Crippen molar-refractivity contribution in [2.75, 3.05) is 18.1 Å². The van der Waals surface area contributed by atoms with Gasteiger partial charge in [0.25, 0.3) is 5.56 Å². The number of thioether (sulfide) groups is 1. The molecule has 1 aromatic heterocycles. The number of hydrogen-bond acceptors (Lipinski definition) is 4. The summed E-state index contributed by atoms with van der Waals surface area (Å²) in [5, 5.41) is 7.58. The predicted molar refractivity (Wildman–Crippen MR) is 84.5 cm³/mol. The van der Waals surface area contributed by atoms with E-state index in [1.165, 1.54) is 4.68 Å². The Kier molecular flexibility index (Phi) is 6.20. The fourth-order valence-electron chi connectivity index (χ4n) is 1.93. The third-order valence-corrected chi connectivity index (χ3v) is 5.56. The lowest BCUT2D eigenvalue weighted by Gasteiger charge is -2.30. The van der Waals surface area contributed by atoms with E-state index < -0.39 is 0 Å². The van der Waals surface area contributed by atoms with Crippen molar-refractivity contribution in [1.82, 2.24) is 9.78 Å². The van der Waals surface area contributed by atoms with E-state index in [2.05, 4.69) is 30.5 Å². The van der Waals surface area contributed by atoms with E-state index in [1.807, 2.05) is 18.7 Å². The minimum absolute atomic E-state index is 0.170. The maximum Gasteiger partial charge on any atom is 0.287 e. The highest BCUT2D eigenvalue weighted by Gasteiger charge is 2.25. The van der Waals surface area contributed by atoms with Crippen molar-refractivity contribution >= 4 is 29.1 Å². The monoisotopic (exact) mass is 303 g/mol. The first-order chi connectivity index (χ1) is 9.03. The molecular formula is C13H22ClN3OS. The molecule has 1 heterocycles. The average Bonchev–Trinajstić information content (AvgIpc) is 2.45. The normalized spacial score (nSPS) is 11.6. The second kappa shape index (κ2) is 7.20. The van der Waals surface area contributed by atoms with Gasteiger partial charge in [-0.25, -0.2) is 4.68 Å². The van der Waals surface area contributed by atoms with Gasteiger partial charge in [0.1, 0.15) is 5.02 Å². The largest absolute Gasteiger partial charge is 0.381 e. The van der Waals surface area contributed by atoms with Crippen LogP contribution >= 0.6 is 23.4 Å². The van der Waals surface area contributed by atoms with Gasteiger partial charge in [0.15, 0.2) is 0 Å². The number of hydrogen-bond donors (Lipinski definition) is 1. The van der Waals surface area contributed by atoms with E-state index in [9.17, 15) is 4.79 Å². The van der Waals surface area contributed by atoms with Gasteiger partial charge < -0.3 is 5.32 Å². The van der Waals surface area contributed by atoms with Crippen LogP contribution in [0, 0.1) is 0 Å². The van der Waals surface area contributed by atoms with Crippen LogP contribution in [0.3, 0.4) is 0 Å². The van der Waals surface area contributed by atoms with Crippen LogP contribution in [-0.4, -0.2) is 27.3 Å². The number of aryl methyl sites for hydroxylation is 1. The molecule has 0 aromatic carbocycles. The second-order valence-electron chi connectivity index (χ2n) is 4.44. The van der Waals surface area contributed by atoms with E-state index in [1.54, 1.807) is 6.20 Å². The molecule has 108 valence electrons. The number of anilines is 1. The van der Waals surface area contributed by atoms with Crippen LogP contribution in [-0.2, 0) is 6.54 Å². The Labute approximate surface area is 123 Å². The van der Waals surface area contributed by atoms with Crippen LogP contribution in [0.1, 0.15) is 33.6 Å². The summed E-state index contributed by atoms with van der Waals surface area (Å²) in [4.78, 5) is 11.9. The number of aromatic nitrogens is 2. The standard InChI is InChI=1S/C13H22ClN3OS/c1-5-13(6-2,19-4)9-15-10-8-16-17(7-3)12(18)11(10)14/h8,15H,5-7,9H2,1-4H3. The van der Waals surface area contributed by atoms with Gasteiger partial charge in [-0.05, 0) is 26.0 Å². The molecule has 1 aromatic rings. The first kappa shape index (κ1) is 16.4. The van der Waals surface area contributed by atoms with Crippen molar-refractivity contribution in [3.8, 4) is 0 Å². The molecule has 1 N–H and O–H groups in total. The summed E-state index contributed by atoms with van der Waals surface area (Å²) in [6, 6.07) is 0. The molecule has 0 aliphatic rings. The summed E-state index contributed by atoms with van der Waals surface area (Å²) in [5.41, 5.74) is 0.383. The third-order valence-electron chi connectivity index (χ3n) is 3.61. The molecule has 0 amide bonds. The van der Waals surface area contributed by atoms with E-state index in [0.717, 1.165) is 19.4 Å². The van der Waals surface area contributed by atoms with Crippen LogP contribution in [0.25, 0.3) is 0 Å². The quantitative estimate of drug-likeness (QED) is 0.840. The third kappa shape index (κ3) is 3.66. The molecule has 1 rings (SSSR count). The van der Waals surface area contributed by atoms with Crippen molar-refractivity contribution in [1.29, 1.82) is 0 Å². The predicted octanol–water partition coefficient (Wildman–Crippen LogP) is 3.25. The highest BCUT2D eigenvalue weighted by atomic mass is 35.5. The minimum atomic E-state index is -0.239. The molecular weight excluding hydrogens is 282 g/mol. The SMILES string of the molecule is CCn1ncc(NCC(CC)(CC)SC)c(Cl)c1=O. The average molecular weight is 304 g/mol. The van der Waals surface area contributed by atoms with Crippen LogP contribution in [0.2, 0.25) is 5.02 Å². The molecule has 0 saturated carbocycles. The first-order valence-electron chi connectivity index (χ1n) is 6.58. The van der Waals surface area contributed by atoms with Crippen molar-refractivity contribution in [3.63, 3.8) is 0 Å². The number of nitrogens with one attached hydrogen (secondary N) is 1. The van der Waals surface area contributed by atoms with Crippen LogP contribution in [0.5, 0.6) is 0 Å². The van der Waals surface area contributed by atoms with Crippen molar-refractivity contribution in [2.45, 2.75) is 44.9 Å². The second-order valence-corrected chi connectivity index (χ2v) is 6.09. The van der Waals surface area contributed by atoms with E-state index in [4.69, 9.17) is 11.6 Å². The maximum absolute atomic E-state index is 11.9. The van der Waals surface area contributed by atoms with Gasteiger partial charge in [-0.2, -0.15) is 16.9 Å². The van der Waals surface area contributed by atoms with Crippen molar-refractivity contribution in [2.24, 2.45) is 0 Å². The van der Waals surface area contributed by atoms with Gasteiger partial charge in [0.05, 0.1) is 11.9 Å². The zero-order valence-electron chi connectivity index (χ0n) is 12.0. The maximum atomic E-state index is 11.9. The Balaban J connectivity index is 2.90. The fourth-order valence-corrected chi connectivity index (χ4v) is 2.94. The Morgan fingerprint density at radius 1 is 1.42 bits per heavy atom. The summed E-state index contributed by atoms with van der Waals surface area (Å²) < 4.78 is 1.53. The molecule has 19 heavy (non-hydrogen) atoms. The number of nitrogens with zero attached hydrogens (tertiary/aromatic N) is 2. The highest BCUT2D eigenvalue weighted by Crippen LogP contribution is 2.31. The van der Waals surface area contributed by atoms with Crippen molar-refractivity contribution < 1.29 is 0 Å². The number of rotatable bonds is 7. The Hall–Kier alpha value is -0.680. The molecule has 0 unspecified atom stereocenters. The van der Waals surface area contributed by atoms with Crippen LogP contribution < -0.4 is 10.9 Å². The van der Waals surface area contributed by atoms with Gasteiger partial charge in [-0.3, -0.25) is 4.79 Å². The molecule has 4 nitrogen and oxygen atoms in total. The summed E-state index contributed by atoms with van der Waals surface area (Å²) in [6.07, 6.45) is 5.87. The van der Waals surface area contributed by atoms with Crippen molar-refractivity contribution in [3.05, 3.63) is 21.6 Å². The lowest BCUT2D eigenvalue weighted by molar-refractivity contribution is 0.573. The molecule has 0 radical (unpaired) electrons. The van der Waals surface area contributed by atoms with Crippen LogP contribution in [0.4, 0.5) is 5.69 Å². The molecule has 0 spiro atoms. The summed E-state index contributed by atoms with van der Waals surface area (Å²) in [6.45, 7) is 7.52. The minimum Gasteiger partial charge on any atom is -0.381 e. The summed E-state index contributed by atoms with van der Waals surface area (Å²) in [7, 11) is 0. The van der Waals surface area contributed by atoms with Gasteiger partial charge in [0.2, 0.25) is 0 Å². The lowest BCUT2D eigenvalue weighted by Crippen LogP contribution is -2.33. The Bertz CT molecular complexity index is 463. The van der Waals surface area contributed by atoms with E-state index >= 15 is 0 Å². The van der Waals surface area contributed by atoms with Gasteiger partial charge in [0, 0.05) is 17.8 Å². The Morgan fingerprint density at radius 2 is 2.05 bits per heavy atom. The zero-order valence-corrected chi connectivity index (χ0v) is 13.6. The van der Waals surface area contributed by atoms with Gasteiger partial charge in [-0.15, -0.1) is 0 Å². The molecule has 0 saturated heterocycles. The molecule has 0 aliphatic heterocycles. The molecule has 0 aliphatic carbocycles. The number of halogens is 1. The molecule has 0 bridgehead atoms. The van der Waals surface area contributed by atoms with Gasteiger partial charge in [-0.1, -0.05) is 25.4 Å². The fraction of sp³-hybridized carbons (Fsp3) is 0.692. The first-order valence-corrected chi connectivity index (χ1v) is 8.18. The molecule has 0 fully saturated rings. The van der Waals surface area contributed by atoms with Gasteiger partial charge >= 0.3 is 0 Å². The summed E-state index contributed by atoms with van der Waals surface area (Å²) >= 11 is 7.94. The summed E-state index contributed by atoms with van der Waals surface area (Å²) in [5.74, 6) is 0. The van der Waals surface area contributed by atoms with Crippen LogP contribution in [0.15, 0.2) is 11.0 Å². The topological polar surface area (TPSA) is 46.9 Å². The lowest BCUT2D eigenvalue weighted by atomic mass is 10.0. The zero-order chi connectivity index (χ0) is 14.5. The Morgan fingerprint density at radius 3 is 2.53 bits per heavy atom. The smallest absolute Gasteiger partial charge is 0.287 e.